The molecular formula is C18H28N6O3. The molecule has 1 saturated heterocycles. The van der Waals surface area contributed by atoms with Gasteiger partial charge in [-0.3, -0.25) is 14.3 Å². The van der Waals surface area contributed by atoms with Gasteiger partial charge in [0.1, 0.15) is 0 Å². The van der Waals surface area contributed by atoms with Crippen LogP contribution in [0.25, 0.3) is 0 Å². The molecule has 1 N–H and O–H groups in total. The summed E-state index contributed by atoms with van der Waals surface area (Å²) in [5.41, 5.74) is -0.212. The zero-order chi connectivity index (χ0) is 19.8. The predicted molar refractivity (Wildman–Crippen MR) is 100 cm³/mol. The van der Waals surface area contributed by atoms with Crippen molar-refractivity contribution in [2.45, 2.75) is 51.7 Å². The number of rotatable bonds is 5. The standard InChI is InChI=1S/C18H28N6O3/c1-18(2,3)16-20-14(27-21-16)11-24(13-6-7-19-8-13)10-12-9-22(4)17(26)23(5)15(12)25/h9,13,19H,6-8,10-11H2,1-5H3/t13-/m0/s1. The molecule has 2 aromatic rings. The van der Waals surface area contributed by atoms with Crippen molar-refractivity contribution in [2.75, 3.05) is 13.1 Å². The Morgan fingerprint density at radius 1 is 1.30 bits per heavy atom. The maximum absolute atomic E-state index is 12.5. The van der Waals surface area contributed by atoms with E-state index in [0.29, 0.717) is 30.4 Å². The Bertz CT molecular complexity index is 914. The van der Waals surface area contributed by atoms with Crippen molar-refractivity contribution in [3.05, 3.63) is 44.3 Å². The van der Waals surface area contributed by atoms with Gasteiger partial charge < -0.3 is 14.4 Å². The van der Waals surface area contributed by atoms with E-state index in [4.69, 9.17) is 4.52 Å². The van der Waals surface area contributed by atoms with Gasteiger partial charge in [-0.15, -0.1) is 0 Å². The predicted octanol–water partition coefficient (Wildman–Crippen LogP) is 0.129. The molecule has 1 aliphatic heterocycles. The highest BCUT2D eigenvalue weighted by Gasteiger charge is 2.27. The van der Waals surface area contributed by atoms with Crippen LogP contribution in [0.4, 0.5) is 0 Å². The topological polar surface area (TPSA) is 98.2 Å². The average molecular weight is 376 g/mol. The number of nitrogens with one attached hydrogen (secondary N) is 1. The van der Waals surface area contributed by atoms with E-state index in [1.165, 1.54) is 11.6 Å². The molecule has 0 bridgehead atoms. The van der Waals surface area contributed by atoms with E-state index < -0.39 is 0 Å². The quantitative estimate of drug-likeness (QED) is 0.792. The highest BCUT2D eigenvalue weighted by Crippen LogP contribution is 2.20. The third-order valence-corrected chi connectivity index (χ3v) is 4.92. The number of nitrogens with zero attached hydrogens (tertiary/aromatic N) is 5. The average Bonchev–Trinajstić information content (AvgIpc) is 3.28. The van der Waals surface area contributed by atoms with Crippen molar-refractivity contribution >= 4 is 0 Å². The normalized spacial score (nSPS) is 17.8. The van der Waals surface area contributed by atoms with E-state index in [9.17, 15) is 9.59 Å². The minimum Gasteiger partial charge on any atom is -0.338 e. The van der Waals surface area contributed by atoms with Crippen LogP contribution in [0.3, 0.4) is 0 Å². The first-order chi connectivity index (χ1) is 12.7. The monoisotopic (exact) mass is 376 g/mol. The van der Waals surface area contributed by atoms with Gasteiger partial charge in [0.25, 0.3) is 5.56 Å². The highest BCUT2D eigenvalue weighted by molar-refractivity contribution is 5.07. The van der Waals surface area contributed by atoms with Gasteiger partial charge >= 0.3 is 5.69 Å². The van der Waals surface area contributed by atoms with Crippen LogP contribution in [0.15, 0.2) is 20.3 Å². The Balaban J connectivity index is 1.88. The highest BCUT2D eigenvalue weighted by atomic mass is 16.5. The fraction of sp³-hybridized carbons (Fsp3) is 0.667. The molecule has 0 aromatic carbocycles. The zero-order valence-corrected chi connectivity index (χ0v) is 16.7. The number of aryl methyl sites for hydroxylation is 1. The summed E-state index contributed by atoms with van der Waals surface area (Å²) in [4.78, 5) is 31.2. The van der Waals surface area contributed by atoms with E-state index in [0.717, 1.165) is 24.1 Å². The summed E-state index contributed by atoms with van der Waals surface area (Å²) < 4.78 is 8.03. The van der Waals surface area contributed by atoms with E-state index in [1.54, 1.807) is 13.2 Å². The first kappa shape index (κ1) is 19.5. The van der Waals surface area contributed by atoms with Crippen molar-refractivity contribution in [3.8, 4) is 0 Å². The third-order valence-electron chi connectivity index (χ3n) is 4.92. The van der Waals surface area contributed by atoms with Gasteiger partial charge in [0.15, 0.2) is 5.82 Å². The second-order valence-electron chi connectivity index (χ2n) is 8.23. The molecule has 0 amide bonds. The summed E-state index contributed by atoms with van der Waals surface area (Å²) in [5.74, 6) is 1.20. The van der Waals surface area contributed by atoms with Crippen molar-refractivity contribution in [2.24, 2.45) is 14.1 Å². The lowest BCUT2D eigenvalue weighted by Gasteiger charge is -2.26. The van der Waals surface area contributed by atoms with Crippen LogP contribution in [0.1, 0.15) is 44.5 Å². The molecule has 148 valence electrons. The molecule has 0 aliphatic carbocycles. The summed E-state index contributed by atoms with van der Waals surface area (Å²) in [6.07, 6.45) is 2.60. The fourth-order valence-corrected chi connectivity index (χ4v) is 3.27. The molecule has 0 unspecified atom stereocenters. The second-order valence-corrected chi connectivity index (χ2v) is 8.23. The van der Waals surface area contributed by atoms with Crippen LogP contribution in [0.2, 0.25) is 0 Å². The Labute approximate surface area is 158 Å². The van der Waals surface area contributed by atoms with E-state index >= 15 is 0 Å². The molecule has 0 saturated carbocycles. The summed E-state index contributed by atoms with van der Waals surface area (Å²) in [6.45, 7) is 8.76. The lowest BCUT2D eigenvalue weighted by molar-refractivity contribution is 0.164. The van der Waals surface area contributed by atoms with Crippen molar-refractivity contribution in [3.63, 3.8) is 0 Å². The lowest BCUT2D eigenvalue weighted by atomic mass is 9.96. The first-order valence-electron chi connectivity index (χ1n) is 9.20. The first-order valence-corrected chi connectivity index (χ1v) is 9.20. The zero-order valence-electron chi connectivity index (χ0n) is 16.7. The van der Waals surface area contributed by atoms with Crippen LogP contribution in [0, 0.1) is 0 Å². The molecule has 1 aliphatic rings. The minimum absolute atomic E-state index is 0.185. The van der Waals surface area contributed by atoms with Gasteiger partial charge in [0.05, 0.1) is 6.54 Å². The number of aromatic nitrogens is 4. The fourth-order valence-electron chi connectivity index (χ4n) is 3.27. The third kappa shape index (κ3) is 4.19. The summed E-state index contributed by atoms with van der Waals surface area (Å²) in [6, 6.07) is 0.261. The molecular weight excluding hydrogens is 348 g/mol. The Kier molecular flexibility index (Phi) is 5.34. The molecule has 3 heterocycles. The molecule has 27 heavy (non-hydrogen) atoms. The number of hydrogen-bond acceptors (Lipinski definition) is 7. The van der Waals surface area contributed by atoms with Crippen molar-refractivity contribution in [1.29, 1.82) is 0 Å². The van der Waals surface area contributed by atoms with E-state index in [2.05, 4.69) is 20.4 Å². The van der Waals surface area contributed by atoms with Gasteiger partial charge in [-0.25, -0.2) is 4.79 Å². The molecule has 3 rings (SSSR count). The Morgan fingerprint density at radius 3 is 2.63 bits per heavy atom. The van der Waals surface area contributed by atoms with Crippen LogP contribution in [-0.4, -0.2) is 43.3 Å². The van der Waals surface area contributed by atoms with Crippen molar-refractivity contribution in [1.82, 2.24) is 29.5 Å². The SMILES string of the molecule is Cn1cc(CN(Cc2nc(C(C)(C)C)no2)[C@H]2CCNC2)c(=O)n(C)c1=O. The van der Waals surface area contributed by atoms with E-state index in [-0.39, 0.29) is 22.7 Å². The molecule has 0 radical (unpaired) electrons. The summed E-state index contributed by atoms with van der Waals surface area (Å²) >= 11 is 0. The lowest BCUT2D eigenvalue weighted by Crippen LogP contribution is -2.42. The van der Waals surface area contributed by atoms with Crippen molar-refractivity contribution < 1.29 is 4.52 Å². The Hall–Kier alpha value is -2.26. The molecule has 2 aromatic heterocycles. The molecule has 9 heteroatoms. The molecule has 9 nitrogen and oxygen atoms in total. The van der Waals surface area contributed by atoms with Gasteiger partial charge in [0.2, 0.25) is 5.89 Å². The van der Waals surface area contributed by atoms with Crippen LogP contribution in [0.5, 0.6) is 0 Å². The van der Waals surface area contributed by atoms with Crippen LogP contribution in [-0.2, 0) is 32.6 Å². The molecule has 1 atom stereocenters. The van der Waals surface area contributed by atoms with Crippen LogP contribution >= 0.6 is 0 Å². The molecule has 0 spiro atoms. The maximum atomic E-state index is 12.5. The van der Waals surface area contributed by atoms with Gasteiger partial charge in [-0.2, -0.15) is 4.98 Å². The number of hydrogen-bond donors (Lipinski definition) is 1. The summed E-state index contributed by atoms with van der Waals surface area (Å²) in [7, 11) is 3.16. The van der Waals surface area contributed by atoms with E-state index in [1.807, 2.05) is 20.8 Å². The Morgan fingerprint density at radius 2 is 2.04 bits per heavy atom. The van der Waals surface area contributed by atoms with Gasteiger partial charge in [0, 0.05) is 50.4 Å². The van der Waals surface area contributed by atoms with Gasteiger partial charge in [-0.05, 0) is 13.0 Å². The minimum atomic E-state index is -0.329. The van der Waals surface area contributed by atoms with Gasteiger partial charge in [-0.1, -0.05) is 25.9 Å². The smallest absolute Gasteiger partial charge is 0.330 e. The largest absolute Gasteiger partial charge is 0.338 e. The summed E-state index contributed by atoms with van der Waals surface area (Å²) in [5, 5.41) is 7.45. The van der Waals surface area contributed by atoms with Crippen LogP contribution < -0.4 is 16.6 Å². The molecule has 1 fully saturated rings. The second kappa shape index (κ2) is 7.40. The maximum Gasteiger partial charge on any atom is 0.330 e.